The number of nitrogens with zero attached hydrogens (tertiary/aromatic N) is 2. The van der Waals surface area contributed by atoms with Crippen LogP contribution in [0.25, 0.3) is 0 Å². The van der Waals surface area contributed by atoms with E-state index >= 15 is 0 Å². The summed E-state index contributed by atoms with van der Waals surface area (Å²) in [5.74, 6) is 1.34. The maximum Gasteiger partial charge on any atom is 0.239 e. The fourth-order valence-electron chi connectivity index (χ4n) is 1.95. The molecule has 0 fully saturated rings. The van der Waals surface area contributed by atoms with Crippen molar-refractivity contribution in [2.75, 3.05) is 38.0 Å². The largest absolute Gasteiger partial charge is 0.479 e. The number of ether oxygens (including phenoxy) is 1. The molecule has 0 aromatic carbocycles. The fraction of sp³-hybridized carbons (Fsp3) is 0.643. The molecule has 0 spiro atoms. The molecule has 1 N–H and O–H groups in total. The van der Waals surface area contributed by atoms with Gasteiger partial charge in [-0.1, -0.05) is 26.7 Å². The molecule has 0 aliphatic rings. The predicted molar refractivity (Wildman–Crippen MR) is 77.7 cm³/mol. The Hall–Kier alpha value is -1.45. The Morgan fingerprint density at radius 1 is 1.33 bits per heavy atom. The maximum atomic E-state index is 5.34. The van der Waals surface area contributed by atoms with Crippen LogP contribution >= 0.6 is 0 Å². The summed E-state index contributed by atoms with van der Waals surface area (Å²) in [6, 6.07) is 2.00. The van der Waals surface area contributed by atoms with Crippen LogP contribution < -0.4 is 15.0 Å². The normalized spacial score (nSPS) is 10.6. The first-order valence-corrected chi connectivity index (χ1v) is 6.58. The molecule has 4 nitrogen and oxygen atoms in total. The molecule has 1 heterocycles. The Balaban J connectivity index is 2.90. The van der Waals surface area contributed by atoms with Gasteiger partial charge in [0.05, 0.1) is 12.8 Å². The first-order valence-electron chi connectivity index (χ1n) is 6.58. The van der Waals surface area contributed by atoms with Crippen molar-refractivity contribution in [1.29, 1.82) is 0 Å². The molecule has 0 bridgehead atoms. The van der Waals surface area contributed by atoms with E-state index in [1.807, 2.05) is 20.2 Å². The maximum absolute atomic E-state index is 5.34. The number of pyridine rings is 1. The van der Waals surface area contributed by atoms with E-state index in [4.69, 9.17) is 4.74 Å². The average Bonchev–Trinajstić information content (AvgIpc) is 2.39. The number of hydrogen-bond acceptors (Lipinski definition) is 4. The zero-order chi connectivity index (χ0) is 13.5. The third-order valence-corrected chi connectivity index (χ3v) is 3.29. The van der Waals surface area contributed by atoms with Crippen LogP contribution in [0.1, 0.15) is 26.7 Å². The number of rotatable bonds is 7. The highest BCUT2D eigenvalue weighted by molar-refractivity contribution is 5.74. The summed E-state index contributed by atoms with van der Waals surface area (Å²) in [4.78, 5) is 6.33. The molecule has 0 atom stereocenters. The minimum atomic E-state index is 0.659. The molecule has 1 aromatic rings. The van der Waals surface area contributed by atoms with Gasteiger partial charge in [0.15, 0.2) is 0 Å². The molecular formula is C14H25N3O. The van der Waals surface area contributed by atoms with Crippen molar-refractivity contribution in [3.8, 4) is 5.88 Å². The molecule has 0 saturated carbocycles. The number of nitrogens with one attached hydrogen (secondary N) is 1. The van der Waals surface area contributed by atoms with E-state index in [1.165, 1.54) is 12.8 Å². The lowest BCUT2D eigenvalue weighted by Crippen LogP contribution is -2.17. The highest BCUT2D eigenvalue weighted by Crippen LogP contribution is 2.32. The van der Waals surface area contributed by atoms with Gasteiger partial charge in [0.25, 0.3) is 0 Å². The van der Waals surface area contributed by atoms with Crippen LogP contribution in [0.3, 0.4) is 0 Å². The average molecular weight is 251 g/mol. The van der Waals surface area contributed by atoms with Crippen molar-refractivity contribution in [2.24, 2.45) is 5.92 Å². The Bertz CT molecular complexity index is 362. The van der Waals surface area contributed by atoms with E-state index in [0.29, 0.717) is 11.8 Å². The van der Waals surface area contributed by atoms with Gasteiger partial charge in [0.2, 0.25) is 5.88 Å². The summed E-state index contributed by atoms with van der Waals surface area (Å²) < 4.78 is 5.34. The van der Waals surface area contributed by atoms with E-state index in [-0.39, 0.29) is 0 Å². The third kappa shape index (κ3) is 3.52. The molecular weight excluding hydrogens is 226 g/mol. The second kappa shape index (κ2) is 7.09. The molecule has 0 radical (unpaired) electrons. The van der Waals surface area contributed by atoms with Gasteiger partial charge in [-0.05, 0) is 12.0 Å². The topological polar surface area (TPSA) is 37.4 Å². The van der Waals surface area contributed by atoms with Gasteiger partial charge in [0, 0.05) is 26.8 Å². The van der Waals surface area contributed by atoms with Gasteiger partial charge in [-0.3, -0.25) is 0 Å². The van der Waals surface area contributed by atoms with Crippen molar-refractivity contribution < 1.29 is 4.74 Å². The molecule has 18 heavy (non-hydrogen) atoms. The number of hydrogen-bond donors (Lipinski definition) is 1. The van der Waals surface area contributed by atoms with E-state index in [0.717, 1.165) is 17.9 Å². The fourth-order valence-corrected chi connectivity index (χ4v) is 1.95. The van der Waals surface area contributed by atoms with Crippen LogP contribution in [-0.4, -0.2) is 32.7 Å². The van der Waals surface area contributed by atoms with Gasteiger partial charge in [-0.2, -0.15) is 0 Å². The SMILES string of the molecule is CCC(CC)CNc1c(N(C)C)ccnc1OC. The smallest absolute Gasteiger partial charge is 0.239 e. The van der Waals surface area contributed by atoms with Crippen LogP contribution in [0.15, 0.2) is 12.3 Å². The molecule has 1 rings (SSSR count). The molecule has 0 aliphatic carbocycles. The lowest BCUT2D eigenvalue weighted by Gasteiger charge is -2.22. The molecule has 102 valence electrons. The first kappa shape index (κ1) is 14.6. The van der Waals surface area contributed by atoms with E-state index < -0.39 is 0 Å². The minimum Gasteiger partial charge on any atom is -0.479 e. The lowest BCUT2D eigenvalue weighted by atomic mass is 10.0. The summed E-state index contributed by atoms with van der Waals surface area (Å²) in [6.07, 6.45) is 4.14. The highest BCUT2D eigenvalue weighted by Gasteiger charge is 2.13. The number of aromatic nitrogens is 1. The summed E-state index contributed by atoms with van der Waals surface area (Å²) in [5, 5.41) is 3.49. The number of methoxy groups -OCH3 is 1. The van der Waals surface area contributed by atoms with Crippen molar-refractivity contribution in [3.63, 3.8) is 0 Å². The second-order valence-corrected chi connectivity index (χ2v) is 4.67. The van der Waals surface area contributed by atoms with Crippen LogP contribution in [0.2, 0.25) is 0 Å². The summed E-state index contributed by atoms with van der Waals surface area (Å²) in [5.41, 5.74) is 2.09. The molecule has 0 unspecified atom stereocenters. The molecule has 1 aromatic heterocycles. The first-order chi connectivity index (χ1) is 8.63. The molecule has 0 amide bonds. The van der Waals surface area contributed by atoms with Crippen molar-refractivity contribution in [2.45, 2.75) is 26.7 Å². The Labute approximate surface area is 110 Å². The number of anilines is 2. The van der Waals surface area contributed by atoms with Gasteiger partial charge < -0.3 is 15.0 Å². The Morgan fingerprint density at radius 2 is 2.00 bits per heavy atom. The van der Waals surface area contributed by atoms with Gasteiger partial charge in [-0.25, -0.2) is 4.98 Å². The van der Waals surface area contributed by atoms with E-state index in [2.05, 4.69) is 29.0 Å². The molecule has 4 heteroatoms. The summed E-state index contributed by atoms with van der Waals surface area (Å²) in [6.45, 7) is 5.41. The Kier molecular flexibility index (Phi) is 5.75. The molecule has 0 aliphatic heterocycles. The second-order valence-electron chi connectivity index (χ2n) is 4.67. The highest BCUT2D eigenvalue weighted by atomic mass is 16.5. The van der Waals surface area contributed by atoms with Crippen LogP contribution in [0.4, 0.5) is 11.4 Å². The standard InChI is InChI=1S/C14H25N3O/c1-6-11(7-2)10-16-13-12(17(3)4)8-9-15-14(13)18-5/h8-9,11,16H,6-7,10H2,1-5H3. The van der Waals surface area contributed by atoms with Crippen molar-refractivity contribution in [1.82, 2.24) is 4.98 Å². The van der Waals surface area contributed by atoms with Crippen LogP contribution in [0.5, 0.6) is 5.88 Å². The van der Waals surface area contributed by atoms with Crippen molar-refractivity contribution >= 4 is 11.4 Å². The van der Waals surface area contributed by atoms with E-state index in [1.54, 1.807) is 13.3 Å². The summed E-state index contributed by atoms with van der Waals surface area (Å²) >= 11 is 0. The third-order valence-electron chi connectivity index (χ3n) is 3.29. The summed E-state index contributed by atoms with van der Waals surface area (Å²) in [7, 11) is 5.71. The lowest BCUT2D eigenvalue weighted by molar-refractivity contribution is 0.399. The zero-order valence-corrected chi connectivity index (χ0v) is 12.2. The monoisotopic (exact) mass is 251 g/mol. The minimum absolute atomic E-state index is 0.659. The molecule has 0 saturated heterocycles. The van der Waals surface area contributed by atoms with Crippen LogP contribution in [-0.2, 0) is 0 Å². The quantitative estimate of drug-likeness (QED) is 0.808. The zero-order valence-electron chi connectivity index (χ0n) is 12.2. The predicted octanol–water partition coefficient (Wildman–Crippen LogP) is 3.00. The van der Waals surface area contributed by atoms with E-state index in [9.17, 15) is 0 Å². The van der Waals surface area contributed by atoms with Gasteiger partial charge in [0.1, 0.15) is 5.69 Å². The van der Waals surface area contributed by atoms with Crippen molar-refractivity contribution in [3.05, 3.63) is 12.3 Å². The van der Waals surface area contributed by atoms with Crippen LogP contribution in [0, 0.1) is 5.92 Å². The Morgan fingerprint density at radius 3 is 2.50 bits per heavy atom. The van der Waals surface area contributed by atoms with Gasteiger partial charge in [-0.15, -0.1) is 0 Å². The van der Waals surface area contributed by atoms with Gasteiger partial charge >= 0.3 is 0 Å².